The Morgan fingerprint density at radius 3 is 1.63 bits per heavy atom. The summed E-state index contributed by atoms with van der Waals surface area (Å²) in [5.74, 6) is -0.225. The van der Waals surface area contributed by atoms with Gasteiger partial charge in [0.2, 0.25) is 5.91 Å². The van der Waals surface area contributed by atoms with E-state index in [0.29, 0.717) is 12.8 Å². The van der Waals surface area contributed by atoms with Crippen LogP contribution in [-0.2, 0) is 23.7 Å². The molecule has 12 unspecified atom stereocenters. The third-order valence-corrected chi connectivity index (χ3v) is 12.6. The second kappa shape index (κ2) is 38.1. The number of hydrogen-bond acceptors (Lipinski definition) is 13. The first-order valence-electron chi connectivity index (χ1n) is 25.7. The van der Waals surface area contributed by atoms with Gasteiger partial charge in [-0.1, -0.05) is 172 Å². The van der Waals surface area contributed by atoms with E-state index >= 15 is 0 Å². The molecule has 380 valence electrons. The van der Waals surface area contributed by atoms with Crippen LogP contribution in [0, 0.1) is 0 Å². The molecule has 0 aliphatic carbocycles. The molecule has 1 amide bonds. The van der Waals surface area contributed by atoms with E-state index < -0.39 is 86.8 Å². The number of carbonyl (C=O) groups excluding carboxylic acids is 1. The predicted octanol–water partition coefficient (Wildman–Crippen LogP) is 6.71. The fraction of sp³-hybridized carbons (Fsp3) is 0.863. The average Bonchev–Trinajstić information content (AvgIpc) is 3.30. The first kappa shape index (κ1) is 59.3. The van der Waals surface area contributed by atoms with Crippen molar-refractivity contribution in [3.63, 3.8) is 0 Å². The van der Waals surface area contributed by atoms with Crippen LogP contribution in [0.2, 0.25) is 0 Å². The lowest BCUT2D eigenvalue weighted by Crippen LogP contribution is -2.65. The lowest BCUT2D eigenvalue weighted by molar-refractivity contribution is -0.359. The smallest absolute Gasteiger partial charge is 0.220 e. The molecule has 0 aromatic heterocycles. The Morgan fingerprint density at radius 2 is 1.06 bits per heavy atom. The van der Waals surface area contributed by atoms with E-state index in [0.717, 1.165) is 77.0 Å². The monoisotopic (exact) mass is 928 g/mol. The van der Waals surface area contributed by atoms with Crippen LogP contribution < -0.4 is 5.32 Å². The van der Waals surface area contributed by atoms with E-state index in [9.17, 15) is 45.6 Å². The van der Waals surface area contributed by atoms with Crippen LogP contribution in [0.5, 0.6) is 0 Å². The highest BCUT2D eigenvalue weighted by molar-refractivity contribution is 5.76. The van der Waals surface area contributed by atoms with Crippen LogP contribution in [0.1, 0.15) is 187 Å². The molecular formula is C51H93NO13. The number of allylic oxidation sites excluding steroid dienone is 6. The Bertz CT molecular complexity index is 1230. The van der Waals surface area contributed by atoms with Crippen molar-refractivity contribution in [3.8, 4) is 0 Å². The van der Waals surface area contributed by atoms with Crippen LogP contribution in [0.25, 0.3) is 0 Å². The molecular weight excluding hydrogens is 835 g/mol. The van der Waals surface area contributed by atoms with Crippen molar-refractivity contribution < 1.29 is 64.6 Å². The summed E-state index contributed by atoms with van der Waals surface area (Å²) in [6, 6.07) is -0.836. The number of carbonyl (C=O) groups is 1. The number of hydrogen-bond donors (Lipinski definition) is 9. The maximum absolute atomic E-state index is 13.2. The topological polar surface area (TPSA) is 228 Å². The second-order valence-electron chi connectivity index (χ2n) is 18.3. The van der Waals surface area contributed by atoms with Gasteiger partial charge in [0.15, 0.2) is 12.6 Å². The largest absolute Gasteiger partial charge is 0.394 e. The van der Waals surface area contributed by atoms with Crippen molar-refractivity contribution in [2.75, 3.05) is 19.8 Å². The van der Waals surface area contributed by atoms with E-state index in [2.05, 4.69) is 55.6 Å². The molecule has 14 nitrogen and oxygen atoms in total. The van der Waals surface area contributed by atoms with E-state index in [1.54, 1.807) is 0 Å². The molecule has 2 aliphatic rings. The zero-order chi connectivity index (χ0) is 47.5. The van der Waals surface area contributed by atoms with Gasteiger partial charge in [0.05, 0.1) is 32.0 Å². The number of ether oxygens (including phenoxy) is 4. The molecule has 0 bridgehead atoms. The quantitative estimate of drug-likeness (QED) is 0.0231. The molecule has 0 spiro atoms. The van der Waals surface area contributed by atoms with Gasteiger partial charge in [0.25, 0.3) is 0 Å². The number of aliphatic hydroxyl groups is 8. The summed E-state index contributed by atoms with van der Waals surface area (Å²) in [4.78, 5) is 13.2. The van der Waals surface area contributed by atoms with E-state index in [1.807, 2.05) is 0 Å². The Morgan fingerprint density at radius 1 is 0.569 bits per heavy atom. The molecule has 2 aliphatic heterocycles. The highest BCUT2D eigenvalue weighted by Gasteiger charge is 2.51. The van der Waals surface area contributed by atoms with Gasteiger partial charge >= 0.3 is 0 Å². The van der Waals surface area contributed by atoms with Gasteiger partial charge in [-0.25, -0.2) is 0 Å². The minimum absolute atomic E-state index is 0.225. The Kier molecular flexibility index (Phi) is 34.8. The number of unbranched alkanes of at least 4 members (excludes halogenated alkanes) is 20. The van der Waals surface area contributed by atoms with Gasteiger partial charge in [-0.3, -0.25) is 4.79 Å². The average molecular weight is 928 g/mol. The van der Waals surface area contributed by atoms with Gasteiger partial charge in [-0.2, -0.15) is 0 Å². The van der Waals surface area contributed by atoms with Crippen molar-refractivity contribution in [1.29, 1.82) is 0 Å². The van der Waals surface area contributed by atoms with Gasteiger partial charge in [0, 0.05) is 6.42 Å². The number of amides is 1. The predicted molar refractivity (Wildman–Crippen MR) is 254 cm³/mol. The summed E-state index contributed by atoms with van der Waals surface area (Å²) in [5, 5.41) is 86.9. The molecule has 14 heteroatoms. The Balaban J connectivity index is 1.84. The molecule has 2 heterocycles. The zero-order valence-electron chi connectivity index (χ0n) is 40.2. The van der Waals surface area contributed by atoms with Crippen LogP contribution >= 0.6 is 0 Å². The summed E-state index contributed by atoms with van der Waals surface area (Å²) in [7, 11) is 0. The molecule has 2 saturated heterocycles. The van der Waals surface area contributed by atoms with Crippen molar-refractivity contribution in [2.24, 2.45) is 0 Å². The number of aliphatic hydroxyl groups excluding tert-OH is 8. The first-order chi connectivity index (χ1) is 31.6. The number of rotatable bonds is 39. The molecule has 12 atom stereocenters. The minimum atomic E-state index is -1.78. The first-order valence-corrected chi connectivity index (χ1v) is 25.7. The third kappa shape index (κ3) is 25.4. The van der Waals surface area contributed by atoms with E-state index in [1.165, 1.54) is 77.0 Å². The zero-order valence-corrected chi connectivity index (χ0v) is 40.2. The maximum atomic E-state index is 13.2. The molecule has 9 N–H and O–H groups in total. The third-order valence-electron chi connectivity index (χ3n) is 12.6. The normalized spacial score (nSPS) is 27.3. The highest BCUT2D eigenvalue weighted by Crippen LogP contribution is 2.30. The van der Waals surface area contributed by atoms with Crippen molar-refractivity contribution in [2.45, 2.75) is 261 Å². The minimum Gasteiger partial charge on any atom is -0.394 e. The molecule has 2 fully saturated rings. The SMILES string of the molecule is CC/C=C\C/C=C\C/C=C\CCCCCCCC(=O)NC(COC1OC(CO)C(OC2OC(CO)C(O)C(O)C2O)C(O)C1O)C(O)CCCCCCCCCCCCCCCCCC. The number of nitrogens with one attached hydrogen (secondary N) is 1. The highest BCUT2D eigenvalue weighted by atomic mass is 16.7. The Hall–Kier alpha value is -1.79. The fourth-order valence-electron chi connectivity index (χ4n) is 8.43. The molecule has 0 radical (unpaired) electrons. The molecule has 0 aromatic rings. The van der Waals surface area contributed by atoms with Crippen molar-refractivity contribution in [3.05, 3.63) is 36.5 Å². The van der Waals surface area contributed by atoms with Crippen LogP contribution in [0.15, 0.2) is 36.5 Å². The summed E-state index contributed by atoms with van der Waals surface area (Å²) in [6.07, 6.45) is 25.7. The lowest BCUT2D eigenvalue weighted by Gasteiger charge is -2.46. The van der Waals surface area contributed by atoms with Crippen LogP contribution in [0.4, 0.5) is 0 Å². The Labute approximate surface area is 391 Å². The molecule has 65 heavy (non-hydrogen) atoms. The van der Waals surface area contributed by atoms with Crippen LogP contribution in [0.3, 0.4) is 0 Å². The van der Waals surface area contributed by atoms with Gasteiger partial charge in [-0.15, -0.1) is 0 Å². The van der Waals surface area contributed by atoms with Gasteiger partial charge in [-0.05, 0) is 44.9 Å². The van der Waals surface area contributed by atoms with Crippen molar-refractivity contribution >= 4 is 5.91 Å². The van der Waals surface area contributed by atoms with Gasteiger partial charge in [0.1, 0.15) is 48.8 Å². The van der Waals surface area contributed by atoms with E-state index in [-0.39, 0.29) is 18.9 Å². The fourth-order valence-corrected chi connectivity index (χ4v) is 8.43. The van der Waals surface area contributed by atoms with Gasteiger partial charge < -0.3 is 65.1 Å². The summed E-state index contributed by atoms with van der Waals surface area (Å²) in [5.41, 5.74) is 0. The summed E-state index contributed by atoms with van der Waals surface area (Å²) >= 11 is 0. The molecule has 0 aromatic carbocycles. The van der Waals surface area contributed by atoms with Crippen molar-refractivity contribution in [1.82, 2.24) is 5.32 Å². The molecule has 2 rings (SSSR count). The lowest BCUT2D eigenvalue weighted by atomic mass is 9.97. The van der Waals surface area contributed by atoms with Crippen LogP contribution in [-0.4, -0.2) is 140 Å². The summed E-state index contributed by atoms with van der Waals surface area (Å²) < 4.78 is 22.7. The standard InChI is InChI=1S/C51H93NO13/c1-3-5-7-9-11-13-15-17-19-21-22-24-26-28-30-32-34-40(55)39(52-43(56)35-33-31-29-27-25-23-20-18-16-14-12-10-8-6-4-2)38-62-50-48(61)46(59)49(42(37-54)64-50)65-51-47(60)45(58)44(57)41(36-53)63-51/h6,8,12,14,18,20,39-42,44-51,53-55,57-61H,3-5,7,9-11,13,15-17,19,21-38H2,1-2H3,(H,52,56)/b8-6-,14-12-,20-18-. The molecule has 0 saturated carbocycles. The van der Waals surface area contributed by atoms with E-state index in [4.69, 9.17) is 18.9 Å². The maximum Gasteiger partial charge on any atom is 0.220 e. The summed E-state index contributed by atoms with van der Waals surface area (Å²) in [6.45, 7) is 2.72. The second-order valence-corrected chi connectivity index (χ2v) is 18.3.